The third-order valence-electron chi connectivity index (χ3n) is 4.74. The maximum Gasteiger partial charge on any atom is 0.265 e. The lowest BCUT2D eigenvalue weighted by molar-refractivity contribution is 0.392. The van der Waals surface area contributed by atoms with E-state index in [1.165, 1.54) is 51.7 Å². The molecule has 2 N–H and O–H groups in total. The molecule has 3 aromatic carbocycles. The second-order valence-electron chi connectivity index (χ2n) is 6.91. The van der Waals surface area contributed by atoms with E-state index in [4.69, 9.17) is 14.2 Å². The van der Waals surface area contributed by atoms with Gasteiger partial charge in [0.25, 0.3) is 20.0 Å². The van der Waals surface area contributed by atoms with Crippen LogP contribution < -0.4 is 23.7 Å². The highest BCUT2D eigenvalue weighted by molar-refractivity contribution is 7.93. The minimum atomic E-state index is -4.12. The predicted octanol–water partition coefficient (Wildman–Crippen LogP) is 3.62. The molecule has 33 heavy (non-hydrogen) atoms. The number of hydrogen-bond donors (Lipinski definition) is 2. The molecule has 9 nitrogen and oxygen atoms in total. The van der Waals surface area contributed by atoms with Crippen LogP contribution in [0, 0.1) is 6.92 Å². The molecule has 11 heteroatoms. The smallest absolute Gasteiger partial charge is 0.265 e. The number of anilines is 2. The number of aryl methyl sites for hydroxylation is 1. The molecule has 0 aliphatic carbocycles. The summed E-state index contributed by atoms with van der Waals surface area (Å²) < 4.78 is 72.6. The van der Waals surface area contributed by atoms with Crippen LogP contribution in [0.5, 0.6) is 17.2 Å². The Kier molecular flexibility index (Phi) is 7.04. The van der Waals surface area contributed by atoms with E-state index in [1.807, 2.05) is 0 Å². The van der Waals surface area contributed by atoms with Gasteiger partial charge in [-0.15, -0.1) is 0 Å². The monoisotopic (exact) mass is 492 g/mol. The number of methoxy groups -OCH3 is 3. The maximum atomic E-state index is 13.1. The average Bonchev–Trinajstić information content (AvgIpc) is 2.79. The van der Waals surface area contributed by atoms with Crippen LogP contribution in [0.1, 0.15) is 5.56 Å². The number of hydrogen-bond acceptors (Lipinski definition) is 7. The molecular weight excluding hydrogens is 468 g/mol. The molecule has 3 rings (SSSR count). The quantitative estimate of drug-likeness (QED) is 0.468. The molecule has 0 aliphatic heterocycles. The van der Waals surface area contributed by atoms with Crippen molar-refractivity contribution in [1.82, 2.24) is 0 Å². The normalized spacial score (nSPS) is 11.5. The van der Waals surface area contributed by atoms with Gasteiger partial charge in [0.15, 0.2) is 0 Å². The van der Waals surface area contributed by atoms with E-state index >= 15 is 0 Å². The molecule has 0 heterocycles. The van der Waals surface area contributed by atoms with E-state index in [2.05, 4.69) is 9.44 Å². The number of rotatable bonds is 9. The van der Waals surface area contributed by atoms with E-state index in [9.17, 15) is 16.8 Å². The van der Waals surface area contributed by atoms with Crippen LogP contribution in [0.15, 0.2) is 70.5 Å². The largest absolute Gasteiger partial charge is 0.497 e. The summed E-state index contributed by atoms with van der Waals surface area (Å²) in [5.74, 6) is 0.783. The van der Waals surface area contributed by atoms with Crippen LogP contribution in [0.2, 0.25) is 0 Å². The Hall–Kier alpha value is -3.44. The zero-order chi connectivity index (χ0) is 24.2. The van der Waals surface area contributed by atoms with Crippen molar-refractivity contribution in [3.05, 3.63) is 66.2 Å². The first-order chi connectivity index (χ1) is 15.6. The molecule has 176 valence electrons. The summed E-state index contributed by atoms with van der Waals surface area (Å²) in [6.45, 7) is 1.61. The lowest BCUT2D eigenvalue weighted by Crippen LogP contribution is -2.17. The summed E-state index contributed by atoms with van der Waals surface area (Å²) in [7, 11) is -3.98. The van der Waals surface area contributed by atoms with Gasteiger partial charge < -0.3 is 14.2 Å². The number of ether oxygens (including phenoxy) is 3. The van der Waals surface area contributed by atoms with Gasteiger partial charge in [-0.1, -0.05) is 18.2 Å². The average molecular weight is 493 g/mol. The van der Waals surface area contributed by atoms with E-state index in [0.29, 0.717) is 17.1 Å². The fourth-order valence-electron chi connectivity index (χ4n) is 3.09. The van der Waals surface area contributed by atoms with E-state index in [-0.39, 0.29) is 26.9 Å². The molecule has 0 radical (unpaired) electrons. The summed E-state index contributed by atoms with van der Waals surface area (Å²) in [6.07, 6.45) is 0. The van der Waals surface area contributed by atoms with Gasteiger partial charge in [0.05, 0.1) is 37.6 Å². The third-order valence-corrected chi connectivity index (χ3v) is 7.65. The first-order valence-electron chi connectivity index (χ1n) is 9.62. The minimum absolute atomic E-state index is 0.0610. The lowest BCUT2D eigenvalue weighted by atomic mass is 10.2. The molecule has 3 aromatic rings. The molecule has 0 bridgehead atoms. The van der Waals surface area contributed by atoms with Gasteiger partial charge in [-0.05, 0) is 48.9 Å². The second-order valence-corrected chi connectivity index (χ2v) is 10.2. The van der Waals surface area contributed by atoms with Gasteiger partial charge in [0.1, 0.15) is 22.1 Å². The van der Waals surface area contributed by atoms with E-state index in [1.54, 1.807) is 37.3 Å². The summed E-state index contributed by atoms with van der Waals surface area (Å²) >= 11 is 0. The van der Waals surface area contributed by atoms with Crippen LogP contribution in [0.4, 0.5) is 11.4 Å². The highest BCUT2D eigenvalue weighted by atomic mass is 32.2. The van der Waals surface area contributed by atoms with Crippen molar-refractivity contribution in [2.24, 2.45) is 0 Å². The molecule has 0 aliphatic rings. The van der Waals surface area contributed by atoms with Crippen LogP contribution in [0.25, 0.3) is 0 Å². The fourth-order valence-corrected chi connectivity index (χ4v) is 5.66. The van der Waals surface area contributed by atoms with Gasteiger partial charge >= 0.3 is 0 Å². The third kappa shape index (κ3) is 5.32. The maximum absolute atomic E-state index is 13.1. The van der Waals surface area contributed by atoms with Gasteiger partial charge in [0.2, 0.25) is 0 Å². The van der Waals surface area contributed by atoms with Gasteiger partial charge in [-0.2, -0.15) is 0 Å². The minimum Gasteiger partial charge on any atom is -0.497 e. The van der Waals surface area contributed by atoms with Crippen LogP contribution in [-0.2, 0) is 20.0 Å². The SMILES string of the molecule is COc1ccc(OC)c(S(=O)(=O)Nc2ccc(C)c(S(=O)(=O)Nc3ccccc3OC)c2)c1. The summed E-state index contributed by atoms with van der Waals surface area (Å²) in [5, 5.41) is 0. The summed E-state index contributed by atoms with van der Waals surface area (Å²) in [5.41, 5.74) is 0.747. The molecule has 0 aromatic heterocycles. The van der Waals surface area contributed by atoms with Crippen molar-refractivity contribution in [3.8, 4) is 17.2 Å². The molecule has 0 spiro atoms. The van der Waals surface area contributed by atoms with Crippen LogP contribution >= 0.6 is 0 Å². The van der Waals surface area contributed by atoms with Crippen molar-refractivity contribution < 1.29 is 31.0 Å². The second kappa shape index (κ2) is 9.59. The Morgan fingerprint density at radius 2 is 1.33 bits per heavy atom. The molecule has 0 amide bonds. The molecule has 0 atom stereocenters. The number of nitrogens with one attached hydrogen (secondary N) is 2. The summed E-state index contributed by atoms with van der Waals surface area (Å²) in [4.78, 5) is -0.243. The topological polar surface area (TPSA) is 120 Å². The van der Waals surface area contributed by atoms with E-state index < -0.39 is 20.0 Å². The van der Waals surface area contributed by atoms with Gasteiger partial charge in [-0.25, -0.2) is 16.8 Å². The predicted molar refractivity (Wildman–Crippen MR) is 125 cm³/mol. The van der Waals surface area contributed by atoms with E-state index in [0.717, 1.165) is 0 Å². The number of benzene rings is 3. The fraction of sp³-hybridized carbons (Fsp3) is 0.182. The van der Waals surface area contributed by atoms with Crippen LogP contribution in [-0.4, -0.2) is 38.2 Å². The first kappa shape index (κ1) is 24.2. The van der Waals surface area contributed by atoms with Crippen LogP contribution in [0.3, 0.4) is 0 Å². The van der Waals surface area contributed by atoms with Crippen molar-refractivity contribution in [1.29, 1.82) is 0 Å². The zero-order valence-corrected chi connectivity index (χ0v) is 20.1. The standard InChI is InChI=1S/C22H24N2O7S2/c1-15-9-10-16(23-33(27,28)22-14-17(29-2)11-12-20(22)31-4)13-21(15)32(25,26)24-18-7-5-6-8-19(18)30-3/h5-14,23-24H,1-4H3. The first-order valence-corrected chi connectivity index (χ1v) is 12.6. The zero-order valence-electron chi connectivity index (χ0n) is 18.4. The Balaban J connectivity index is 1.98. The molecule has 0 fully saturated rings. The van der Waals surface area contributed by atoms with Gasteiger partial charge in [0, 0.05) is 6.07 Å². The Morgan fingerprint density at radius 3 is 2.00 bits per heavy atom. The number of para-hydroxylation sites is 2. The lowest BCUT2D eigenvalue weighted by Gasteiger charge is -2.16. The van der Waals surface area contributed by atoms with Crippen molar-refractivity contribution in [2.45, 2.75) is 16.7 Å². The van der Waals surface area contributed by atoms with Crippen molar-refractivity contribution in [2.75, 3.05) is 30.8 Å². The Bertz CT molecular complexity index is 1370. The summed E-state index contributed by atoms with van der Waals surface area (Å²) in [6, 6.07) is 15.1. The van der Waals surface area contributed by atoms with Gasteiger partial charge in [-0.3, -0.25) is 9.44 Å². The number of sulfonamides is 2. The highest BCUT2D eigenvalue weighted by Gasteiger charge is 2.23. The van der Waals surface area contributed by atoms with Crippen molar-refractivity contribution >= 4 is 31.4 Å². The Labute approximate surface area is 193 Å². The molecular formula is C22H24N2O7S2. The molecule has 0 unspecified atom stereocenters. The highest BCUT2D eigenvalue weighted by Crippen LogP contribution is 2.32. The van der Waals surface area contributed by atoms with Crippen molar-refractivity contribution in [3.63, 3.8) is 0 Å². The molecule has 0 saturated heterocycles. The molecule has 0 saturated carbocycles. The Morgan fingerprint density at radius 1 is 0.667 bits per heavy atom.